The molecule has 4 aromatic rings. The van der Waals surface area contributed by atoms with Crippen LogP contribution in [0.1, 0.15) is 22.6 Å². The minimum Gasteiger partial charge on any atom is -0.475 e. The van der Waals surface area contributed by atoms with Gasteiger partial charge in [-0.1, -0.05) is 6.07 Å². The van der Waals surface area contributed by atoms with Crippen molar-refractivity contribution in [2.45, 2.75) is 20.5 Å². The SMILES string of the molecule is C#Cc1nn(PI)c2ccc(-c3cnn(C)c3COCCOc3c(C)c(C)nn3C)cc12. The van der Waals surface area contributed by atoms with Gasteiger partial charge < -0.3 is 9.47 Å². The number of aromatic nitrogens is 6. The van der Waals surface area contributed by atoms with Crippen LogP contribution in [-0.2, 0) is 25.4 Å². The van der Waals surface area contributed by atoms with E-state index < -0.39 is 0 Å². The number of halogens is 1. The van der Waals surface area contributed by atoms with Crippen molar-refractivity contribution < 1.29 is 9.47 Å². The number of aryl methyl sites for hydroxylation is 3. The van der Waals surface area contributed by atoms with E-state index >= 15 is 0 Å². The number of rotatable bonds is 8. The molecule has 0 bridgehead atoms. The molecule has 3 heterocycles. The Hall–Kier alpha value is -2.41. The lowest BCUT2D eigenvalue weighted by Gasteiger charge is -2.10. The summed E-state index contributed by atoms with van der Waals surface area (Å²) in [5.74, 6) is 3.47. The van der Waals surface area contributed by atoms with E-state index in [4.69, 9.17) is 15.9 Å². The van der Waals surface area contributed by atoms with Crippen molar-refractivity contribution in [2.75, 3.05) is 13.2 Å². The van der Waals surface area contributed by atoms with Crippen LogP contribution in [0.15, 0.2) is 24.4 Å². The predicted molar refractivity (Wildman–Crippen MR) is 135 cm³/mol. The zero-order valence-electron chi connectivity index (χ0n) is 18.4. The second-order valence-electron chi connectivity index (χ2n) is 7.39. The van der Waals surface area contributed by atoms with Crippen LogP contribution in [0, 0.1) is 26.2 Å². The van der Waals surface area contributed by atoms with Gasteiger partial charge in [0.2, 0.25) is 5.88 Å². The molecule has 0 aliphatic heterocycles. The second kappa shape index (κ2) is 9.61. The molecule has 4 rings (SSSR count). The zero-order valence-corrected chi connectivity index (χ0v) is 21.5. The molecule has 0 saturated heterocycles. The van der Waals surface area contributed by atoms with Crippen molar-refractivity contribution in [1.29, 1.82) is 0 Å². The minimum absolute atomic E-state index is 0.424. The summed E-state index contributed by atoms with van der Waals surface area (Å²) < 4.78 is 17.3. The molecule has 0 aliphatic carbocycles. The molecule has 0 amide bonds. The van der Waals surface area contributed by atoms with Crippen molar-refractivity contribution in [2.24, 2.45) is 14.1 Å². The van der Waals surface area contributed by atoms with Crippen molar-refractivity contribution in [3.63, 3.8) is 0 Å². The number of fused-ring (bicyclic) bond motifs is 1. The number of terminal acetylenes is 1. The van der Waals surface area contributed by atoms with Crippen LogP contribution in [0.3, 0.4) is 0 Å². The molecule has 0 radical (unpaired) electrons. The third-order valence-electron chi connectivity index (χ3n) is 5.43. The molecule has 1 aromatic carbocycles. The predicted octanol–water partition coefficient (Wildman–Crippen LogP) is 4.16. The van der Waals surface area contributed by atoms with Gasteiger partial charge in [0.15, 0.2) is 0 Å². The molecule has 0 fully saturated rings. The van der Waals surface area contributed by atoms with Gasteiger partial charge in [0.05, 0.1) is 42.7 Å². The molecule has 0 spiro atoms. The Morgan fingerprint density at radius 1 is 1.16 bits per heavy atom. The standard InChI is InChI=1S/C22H24IN6O2P/c1-6-19-17-11-16(7-8-20(17)29(26-19)32-23)18-12-24-27(4)21(18)13-30-9-10-31-22-14(2)15(3)25-28(22)5/h1,7-8,11-12,32H,9-10,13H2,2-5H3. The van der Waals surface area contributed by atoms with Gasteiger partial charge in [0.1, 0.15) is 12.3 Å². The van der Waals surface area contributed by atoms with Crippen LogP contribution in [0.4, 0.5) is 0 Å². The van der Waals surface area contributed by atoms with E-state index in [9.17, 15) is 0 Å². The Kier molecular flexibility index (Phi) is 6.84. The summed E-state index contributed by atoms with van der Waals surface area (Å²) in [6.45, 7) is 5.30. The molecule has 0 saturated carbocycles. The van der Waals surface area contributed by atoms with Gasteiger partial charge in [0.25, 0.3) is 0 Å². The molecular weight excluding hydrogens is 538 g/mol. The summed E-state index contributed by atoms with van der Waals surface area (Å²) in [5.41, 5.74) is 6.75. The number of ether oxygens (including phenoxy) is 2. The number of nitrogens with zero attached hydrogens (tertiary/aromatic N) is 6. The first kappa shape index (κ1) is 22.8. The van der Waals surface area contributed by atoms with E-state index in [1.54, 1.807) is 4.68 Å². The maximum Gasteiger partial charge on any atom is 0.214 e. The molecule has 0 N–H and O–H groups in total. The first-order valence-corrected chi connectivity index (χ1v) is 14.1. The third kappa shape index (κ3) is 4.27. The Labute approximate surface area is 201 Å². The average Bonchev–Trinajstić information content (AvgIpc) is 3.41. The maximum atomic E-state index is 5.92. The lowest BCUT2D eigenvalue weighted by Crippen LogP contribution is -2.11. The monoisotopic (exact) mass is 562 g/mol. The van der Waals surface area contributed by atoms with Crippen molar-refractivity contribution in [3.8, 4) is 29.4 Å². The highest BCUT2D eigenvalue weighted by Crippen LogP contribution is 2.33. The highest BCUT2D eigenvalue weighted by Gasteiger charge is 2.15. The lowest BCUT2D eigenvalue weighted by molar-refractivity contribution is 0.0824. The highest BCUT2D eigenvalue weighted by molar-refractivity contribution is 14.2. The molecule has 0 aliphatic rings. The van der Waals surface area contributed by atoms with Crippen LogP contribution in [0.2, 0.25) is 0 Å². The largest absolute Gasteiger partial charge is 0.475 e. The fraction of sp³-hybridized carbons (Fsp3) is 0.318. The molecular formula is C22H24IN6O2P. The first-order valence-electron chi connectivity index (χ1n) is 10.0. The topological polar surface area (TPSA) is 71.9 Å². The molecule has 10 heteroatoms. The number of benzene rings is 1. The quantitative estimate of drug-likeness (QED) is 0.140. The van der Waals surface area contributed by atoms with Gasteiger partial charge in [-0.3, -0.25) is 4.68 Å². The van der Waals surface area contributed by atoms with E-state index in [1.165, 1.54) is 0 Å². The maximum absolute atomic E-state index is 5.92. The summed E-state index contributed by atoms with van der Waals surface area (Å²) in [5, 5.41) is 14.3. The van der Waals surface area contributed by atoms with Gasteiger partial charge in [-0.25, -0.2) is 9.13 Å². The molecule has 8 nitrogen and oxygen atoms in total. The van der Waals surface area contributed by atoms with Crippen molar-refractivity contribution >= 4 is 39.3 Å². The van der Waals surface area contributed by atoms with Gasteiger partial charge in [-0.15, -0.1) is 6.42 Å². The zero-order chi connectivity index (χ0) is 22.8. The van der Waals surface area contributed by atoms with E-state index in [-0.39, 0.29) is 0 Å². The van der Waals surface area contributed by atoms with Crippen LogP contribution in [-0.4, -0.2) is 42.3 Å². The van der Waals surface area contributed by atoms with E-state index in [1.807, 2.05) is 43.3 Å². The minimum atomic E-state index is 0.424. The van der Waals surface area contributed by atoms with Gasteiger partial charge in [-0.05, 0) is 59.5 Å². The van der Waals surface area contributed by atoms with Gasteiger partial charge in [-0.2, -0.15) is 15.3 Å². The fourth-order valence-electron chi connectivity index (χ4n) is 3.64. The summed E-state index contributed by atoms with van der Waals surface area (Å²) in [7, 11) is 3.80. The van der Waals surface area contributed by atoms with Crippen LogP contribution in [0.25, 0.3) is 22.0 Å². The van der Waals surface area contributed by atoms with Crippen LogP contribution in [0.5, 0.6) is 5.88 Å². The molecule has 3 aromatic heterocycles. The van der Waals surface area contributed by atoms with E-state index in [0.29, 0.717) is 31.9 Å². The Morgan fingerprint density at radius 2 is 1.97 bits per heavy atom. The number of hydrogen-bond donors (Lipinski definition) is 0. The summed E-state index contributed by atoms with van der Waals surface area (Å²) >= 11 is 2.30. The van der Waals surface area contributed by atoms with Gasteiger partial charge in [0, 0.05) is 30.6 Å². The Morgan fingerprint density at radius 3 is 2.66 bits per heavy atom. The van der Waals surface area contributed by atoms with Crippen LogP contribution >= 0.6 is 28.4 Å². The Balaban J connectivity index is 1.47. The second-order valence-corrected chi connectivity index (χ2v) is 9.43. The normalized spacial score (nSPS) is 11.6. The van der Waals surface area contributed by atoms with Crippen molar-refractivity contribution in [3.05, 3.63) is 47.0 Å². The molecule has 1 unspecified atom stereocenters. The van der Waals surface area contributed by atoms with Gasteiger partial charge >= 0.3 is 0 Å². The highest BCUT2D eigenvalue weighted by atomic mass is 127. The van der Waals surface area contributed by atoms with E-state index in [2.05, 4.69) is 61.5 Å². The average molecular weight is 562 g/mol. The summed E-state index contributed by atoms with van der Waals surface area (Å²) in [4.78, 5) is 0. The summed E-state index contributed by atoms with van der Waals surface area (Å²) in [6, 6.07) is 6.23. The molecule has 32 heavy (non-hydrogen) atoms. The summed E-state index contributed by atoms with van der Waals surface area (Å²) in [6.07, 6.45) is 8.03. The molecule has 166 valence electrons. The lowest BCUT2D eigenvalue weighted by atomic mass is 10.0. The third-order valence-corrected chi connectivity index (χ3v) is 7.30. The number of hydrogen-bond acceptors (Lipinski definition) is 5. The van der Waals surface area contributed by atoms with E-state index in [0.717, 1.165) is 44.9 Å². The van der Waals surface area contributed by atoms with Crippen molar-refractivity contribution in [1.82, 2.24) is 29.1 Å². The smallest absolute Gasteiger partial charge is 0.214 e. The van der Waals surface area contributed by atoms with Crippen LogP contribution < -0.4 is 4.74 Å². The first-order chi connectivity index (χ1) is 15.4. The molecule has 1 atom stereocenters. The fourth-order valence-corrected chi connectivity index (χ4v) is 5.17. The Bertz CT molecular complexity index is 1320.